The van der Waals surface area contributed by atoms with Gasteiger partial charge >= 0.3 is 12.1 Å². The smallest absolute Gasteiger partial charge is 0.434 e. The van der Waals surface area contributed by atoms with Crippen LogP contribution in [0.2, 0.25) is 0 Å². The number of aromatic nitrogens is 2. The van der Waals surface area contributed by atoms with Crippen LogP contribution < -0.4 is 0 Å². The van der Waals surface area contributed by atoms with Crippen molar-refractivity contribution in [2.24, 2.45) is 13.0 Å². The van der Waals surface area contributed by atoms with Gasteiger partial charge in [0, 0.05) is 7.05 Å². The molecule has 0 N–H and O–H groups in total. The van der Waals surface area contributed by atoms with E-state index in [1.54, 1.807) is 17.7 Å². The first-order chi connectivity index (χ1) is 9.49. The quantitative estimate of drug-likeness (QED) is 0.636. The molecular weight excluding hydrogens is 260 g/mol. The lowest BCUT2D eigenvalue weighted by atomic mass is 10.2. The minimum atomic E-state index is -1.00. The molecule has 1 heterocycles. The standard InChI is InChI=1S/C14H16N2O4/c1-9(2)8-19-14(18)20-13(17)12-15-10-6-4-5-7-11(10)16(12)3/h4-7,9H,8H2,1-3H3. The second kappa shape index (κ2) is 5.73. The van der Waals surface area contributed by atoms with Crippen molar-refractivity contribution in [2.45, 2.75) is 13.8 Å². The van der Waals surface area contributed by atoms with E-state index in [0.717, 1.165) is 5.52 Å². The summed E-state index contributed by atoms with van der Waals surface area (Å²) in [6.45, 7) is 3.98. The molecule has 0 radical (unpaired) electrons. The Kier molecular flexibility index (Phi) is 4.02. The van der Waals surface area contributed by atoms with Crippen LogP contribution in [0.15, 0.2) is 24.3 Å². The second-order valence-corrected chi connectivity index (χ2v) is 4.83. The zero-order valence-corrected chi connectivity index (χ0v) is 11.6. The van der Waals surface area contributed by atoms with Crippen LogP contribution in [0.1, 0.15) is 24.5 Å². The minimum absolute atomic E-state index is 0.0627. The number of benzene rings is 1. The number of ether oxygens (including phenoxy) is 2. The first-order valence-electron chi connectivity index (χ1n) is 6.29. The van der Waals surface area contributed by atoms with Crippen molar-refractivity contribution < 1.29 is 19.1 Å². The van der Waals surface area contributed by atoms with Crippen LogP contribution >= 0.6 is 0 Å². The van der Waals surface area contributed by atoms with E-state index in [0.29, 0.717) is 5.52 Å². The van der Waals surface area contributed by atoms with Gasteiger partial charge in [0.15, 0.2) is 0 Å². The minimum Gasteiger partial charge on any atom is -0.434 e. The molecule has 6 heteroatoms. The number of carbonyl (C=O) groups is 2. The van der Waals surface area contributed by atoms with Gasteiger partial charge in [0.1, 0.15) is 0 Å². The summed E-state index contributed by atoms with van der Waals surface area (Å²) in [6, 6.07) is 7.27. The number of para-hydroxylation sites is 2. The van der Waals surface area contributed by atoms with Crippen LogP contribution in [0, 0.1) is 5.92 Å². The van der Waals surface area contributed by atoms with Crippen molar-refractivity contribution in [1.29, 1.82) is 0 Å². The van der Waals surface area contributed by atoms with Gasteiger partial charge in [-0.25, -0.2) is 14.6 Å². The van der Waals surface area contributed by atoms with E-state index in [1.165, 1.54) is 0 Å². The van der Waals surface area contributed by atoms with Crippen LogP contribution in [-0.4, -0.2) is 28.3 Å². The summed E-state index contributed by atoms with van der Waals surface area (Å²) >= 11 is 0. The highest BCUT2D eigenvalue weighted by molar-refractivity contribution is 5.95. The van der Waals surface area contributed by atoms with Gasteiger partial charge in [-0.05, 0) is 18.1 Å². The fourth-order valence-electron chi connectivity index (χ4n) is 1.71. The number of aryl methyl sites for hydroxylation is 1. The number of fused-ring (bicyclic) bond motifs is 1. The third-order valence-corrected chi connectivity index (χ3v) is 2.68. The third-order valence-electron chi connectivity index (χ3n) is 2.68. The third kappa shape index (κ3) is 2.96. The molecule has 20 heavy (non-hydrogen) atoms. The molecular formula is C14H16N2O4. The Labute approximate surface area is 116 Å². The Hall–Kier alpha value is -2.37. The molecule has 0 saturated carbocycles. The first kappa shape index (κ1) is 14.0. The Morgan fingerprint density at radius 1 is 1.30 bits per heavy atom. The van der Waals surface area contributed by atoms with Gasteiger partial charge in [-0.15, -0.1) is 0 Å². The van der Waals surface area contributed by atoms with Crippen LogP contribution in [-0.2, 0) is 16.5 Å². The Balaban J connectivity index is 2.11. The number of hydrogen-bond donors (Lipinski definition) is 0. The predicted molar refractivity (Wildman–Crippen MR) is 72.3 cm³/mol. The van der Waals surface area contributed by atoms with Crippen molar-refractivity contribution in [3.8, 4) is 0 Å². The maximum atomic E-state index is 11.9. The van der Waals surface area contributed by atoms with E-state index in [4.69, 9.17) is 4.74 Å². The molecule has 0 aliphatic rings. The summed E-state index contributed by atoms with van der Waals surface area (Å²) in [7, 11) is 1.69. The van der Waals surface area contributed by atoms with Gasteiger partial charge in [-0.2, -0.15) is 0 Å². The van der Waals surface area contributed by atoms with Crippen LogP contribution in [0.25, 0.3) is 11.0 Å². The van der Waals surface area contributed by atoms with E-state index >= 15 is 0 Å². The monoisotopic (exact) mass is 276 g/mol. The van der Waals surface area contributed by atoms with Crippen molar-refractivity contribution in [3.05, 3.63) is 30.1 Å². The number of esters is 1. The Bertz CT molecular complexity index is 646. The van der Waals surface area contributed by atoms with Gasteiger partial charge < -0.3 is 14.0 Å². The van der Waals surface area contributed by atoms with Crippen molar-refractivity contribution in [1.82, 2.24) is 9.55 Å². The molecule has 6 nitrogen and oxygen atoms in total. The molecule has 0 amide bonds. The number of carbonyl (C=O) groups excluding carboxylic acids is 2. The highest BCUT2D eigenvalue weighted by Crippen LogP contribution is 2.15. The lowest BCUT2D eigenvalue weighted by Crippen LogP contribution is -2.18. The Morgan fingerprint density at radius 2 is 2.00 bits per heavy atom. The highest BCUT2D eigenvalue weighted by atomic mass is 16.7. The molecule has 106 valence electrons. The molecule has 0 aliphatic heterocycles. The van der Waals surface area contributed by atoms with Crippen molar-refractivity contribution in [3.63, 3.8) is 0 Å². The van der Waals surface area contributed by atoms with E-state index in [9.17, 15) is 9.59 Å². The van der Waals surface area contributed by atoms with E-state index < -0.39 is 12.1 Å². The summed E-state index contributed by atoms with van der Waals surface area (Å²) in [5.41, 5.74) is 1.45. The molecule has 0 unspecified atom stereocenters. The van der Waals surface area contributed by atoms with Crippen molar-refractivity contribution >= 4 is 23.2 Å². The predicted octanol–water partition coefficient (Wildman–Crippen LogP) is 2.52. The van der Waals surface area contributed by atoms with Gasteiger partial charge in [0.25, 0.3) is 0 Å². The van der Waals surface area contributed by atoms with Crippen LogP contribution in [0.3, 0.4) is 0 Å². The summed E-state index contributed by atoms with van der Waals surface area (Å²) in [5, 5.41) is 0. The van der Waals surface area contributed by atoms with Crippen molar-refractivity contribution in [2.75, 3.05) is 6.61 Å². The number of rotatable bonds is 3. The number of hydrogen-bond acceptors (Lipinski definition) is 5. The molecule has 1 aromatic carbocycles. The normalized spacial score (nSPS) is 10.8. The fraction of sp³-hybridized carbons (Fsp3) is 0.357. The van der Waals surface area contributed by atoms with Crippen LogP contribution in [0.5, 0.6) is 0 Å². The average molecular weight is 276 g/mol. The molecule has 0 saturated heterocycles. The summed E-state index contributed by atoms with van der Waals surface area (Å²) in [6.07, 6.45) is -1.00. The van der Waals surface area contributed by atoms with E-state index in [2.05, 4.69) is 9.72 Å². The fourth-order valence-corrected chi connectivity index (χ4v) is 1.71. The number of imidazole rings is 1. The molecule has 0 fully saturated rings. The summed E-state index contributed by atoms with van der Waals surface area (Å²) in [5.74, 6) is -0.585. The highest BCUT2D eigenvalue weighted by Gasteiger charge is 2.20. The molecule has 2 aromatic rings. The summed E-state index contributed by atoms with van der Waals surface area (Å²) < 4.78 is 11.0. The SMILES string of the molecule is CC(C)COC(=O)OC(=O)c1nc2ccccc2n1C. The summed E-state index contributed by atoms with van der Waals surface area (Å²) in [4.78, 5) is 27.4. The molecule has 0 atom stereocenters. The second-order valence-electron chi connectivity index (χ2n) is 4.83. The lowest BCUT2D eigenvalue weighted by molar-refractivity contribution is 0.0338. The maximum Gasteiger partial charge on any atom is 0.516 e. The molecule has 0 spiro atoms. The Morgan fingerprint density at radius 3 is 2.65 bits per heavy atom. The average Bonchev–Trinajstić information content (AvgIpc) is 2.74. The maximum absolute atomic E-state index is 11.9. The van der Waals surface area contributed by atoms with Gasteiger partial charge in [-0.1, -0.05) is 26.0 Å². The van der Waals surface area contributed by atoms with Gasteiger partial charge in [0.05, 0.1) is 17.6 Å². The van der Waals surface area contributed by atoms with Gasteiger partial charge in [-0.3, -0.25) is 0 Å². The molecule has 2 rings (SSSR count). The molecule has 1 aromatic heterocycles. The van der Waals surface area contributed by atoms with Crippen LogP contribution in [0.4, 0.5) is 4.79 Å². The van der Waals surface area contributed by atoms with E-state index in [1.807, 2.05) is 32.0 Å². The van der Waals surface area contributed by atoms with Gasteiger partial charge in [0.2, 0.25) is 5.82 Å². The van der Waals surface area contributed by atoms with E-state index in [-0.39, 0.29) is 18.3 Å². The zero-order chi connectivity index (χ0) is 14.7. The number of nitrogens with zero attached hydrogens (tertiary/aromatic N) is 2. The zero-order valence-electron chi connectivity index (χ0n) is 11.6. The molecule has 0 bridgehead atoms. The lowest BCUT2D eigenvalue weighted by Gasteiger charge is -2.06. The topological polar surface area (TPSA) is 70.4 Å². The largest absolute Gasteiger partial charge is 0.516 e. The first-order valence-corrected chi connectivity index (χ1v) is 6.29. The molecule has 0 aliphatic carbocycles.